The van der Waals surface area contributed by atoms with Crippen LogP contribution in [0.4, 0.5) is 0 Å². The molecule has 1 unspecified atom stereocenters. The first kappa shape index (κ1) is 9.41. The van der Waals surface area contributed by atoms with Crippen LogP contribution < -0.4 is 16.8 Å². The lowest BCUT2D eigenvalue weighted by Gasteiger charge is -2.26. The van der Waals surface area contributed by atoms with E-state index >= 15 is 0 Å². The standard InChI is InChI=1S/C10H14N6/c11-9-3-4-13-10(12,14-9)8-5-7(15-16-8)6-1-2-6/h3-6,13H,1-2,12H2,(H2,11,14)(H,15,16). The third-order valence-corrected chi connectivity index (χ3v) is 2.87. The molecule has 2 heterocycles. The number of aliphatic imine (C=N–C) groups is 1. The maximum atomic E-state index is 6.10. The highest BCUT2D eigenvalue weighted by Gasteiger charge is 2.32. The van der Waals surface area contributed by atoms with E-state index < -0.39 is 5.79 Å². The van der Waals surface area contributed by atoms with Gasteiger partial charge >= 0.3 is 0 Å². The van der Waals surface area contributed by atoms with Crippen LogP contribution in [0.3, 0.4) is 0 Å². The van der Waals surface area contributed by atoms with Gasteiger partial charge in [0.2, 0.25) is 5.79 Å². The van der Waals surface area contributed by atoms with E-state index in [2.05, 4.69) is 20.5 Å². The van der Waals surface area contributed by atoms with Crippen LogP contribution in [-0.2, 0) is 5.79 Å². The normalized spacial score (nSPS) is 28.7. The molecule has 1 atom stereocenters. The van der Waals surface area contributed by atoms with E-state index in [4.69, 9.17) is 11.5 Å². The van der Waals surface area contributed by atoms with Crippen LogP contribution in [0, 0.1) is 0 Å². The SMILES string of the molecule is NC1=NC(N)(c2cc(C3CC3)n[nH]2)NC=C1. The number of nitrogens with zero attached hydrogens (tertiary/aromatic N) is 2. The quantitative estimate of drug-likeness (QED) is 0.553. The number of rotatable bonds is 2. The third-order valence-electron chi connectivity index (χ3n) is 2.87. The first-order valence-corrected chi connectivity index (χ1v) is 5.31. The average molecular weight is 218 g/mol. The summed E-state index contributed by atoms with van der Waals surface area (Å²) in [7, 11) is 0. The first-order chi connectivity index (χ1) is 7.67. The smallest absolute Gasteiger partial charge is 0.227 e. The lowest BCUT2D eigenvalue weighted by Crippen LogP contribution is -2.49. The van der Waals surface area contributed by atoms with Crippen molar-refractivity contribution in [2.75, 3.05) is 0 Å². The number of hydrogen-bond acceptors (Lipinski definition) is 5. The van der Waals surface area contributed by atoms with Gasteiger partial charge in [-0.2, -0.15) is 5.10 Å². The zero-order chi connectivity index (χ0) is 11.2. The molecular formula is C10H14N6. The largest absolute Gasteiger partial charge is 0.384 e. The van der Waals surface area contributed by atoms with Crippen molar-refractivity contribution in [1.29, 1.82) is 0 Å². The molecule has 3 rings (SSSR count). The summed E-state index contributed by atoms with van der Waals surface area (Å²) in [5.41, 5.74) is 13.5. The Kier molecular flexibility index (Phi) is 1.81. The van der Waals surface area contributed by atoms with Crippen molar-refractivity contribution < 1.29 is 0 Å². The minimum atomic E-state index is -1.01. The number of hydrogen-bond donors (Lipinski definition) is 4. The van der Waals surface area contributed by atoms with Crippen LogP contribution in [0.2, 0.25) is 0 Å². The zero-order valence-corrected chi connectivity index (χ0v) is 8.77. The molecule has 16 heavy (non-hydrogen) atoms. The zero-order valence-electron chi connectivity index (χ0n) is 8.77. The molecule has 1 aromatic heterocycles. The van der Waals surface area contributed by atoms with Crippen LogP contribution >= 0.6 is 0 Å². The van der Waals surface area contributed by atoms with Crippen LogP contribution in [0.25, 0.3) is 0 Å². The molecule has 1 fully saturated rings. The van der Waals surface area contributed by atoms with Crippen molar-refractivity contribution in [3.63, 3.8) is 0 Å². The summed E-state index contributed by atoms with van der Waals surface area (Å²) in [5.74, 6) is -0.0169. The summed E-state index contributed by atoms with van der Waals surface area (Å²) in [4.78, 5) is 4.18. The van der Waals surface area contributed by atoms with Crippen molar-refractivity contribution in [2.45, 2.75) is 24.5 Å². The Morgan fingerprint density at radius 2 is 2.25 bits per heavy atom. The number of aromatic nitrogens is 2. The summed E-state index contributed by atoms with van der Waals surface area (Å²) < 4.78 is 0. The Morgan fingerprint density at radius 1 is 1.44 bits per heavy atom. The average Bonchev–Trinajstić information content (AvgIpc) is 2.95. The second-order valence-electron chi connectivity index (χ2n) is 4.26. The molecule has 0 spiro atoms. The Morgan fingerprint density at radius 3 is 2.94 bits per heavy atom. The van der Waals surface area contributed by atoms with Crippen LogP contribution in [0.1, 0.15) is 30.1 Å². The summed E-state index contributed by atoms with van der Waals surface area (Å²) in [5, 5.41) is 10.1. The van der Waals surface area contributed by atoms with Gasteiger partial charge in [-0.1, -0.05) is 0 Å². The summed E-state index contributed by atoms with van der Waals surface area (Å²) >= 11 is 0. The van der Waals surface area contributed by atoms with Crippen molar-refractivity contribution in [1.82, 2.24) is 15.5 Å². The molecule has 0 saturated heterocycles. The van der Waals surface area contributed by atoms with Crippen molar-refractivity contribution >= 4 is 5.84 Å². The predicted octanol–water partition coefficient (Wildman–Crippen LogP) is -0.170. The van der Waals surface area contributed by atoms with Crippen molar-refractivity contribution in [2.24, 2.45) is 16.5 Å². The van der Waals surface area contributed by atoms with Crippen LogP contribution in [0.15, 0.2) is 23.3 Å². The Bertz CT molecular complexity index is 469. The molecule has 2 aliphatic rings. The molecule has 0 radical (unpaired) electrons. The number of aromatic amines is 1. The maximum absolute atomic E-state index is 6.10. The van der Waals surface area contributed by atoms with Gasteiger partial charge in [-0.3, -0.25) is 10.8 Å². The number of H-pyrrole nitrogens is 1. The molecule has 6 nitrogen and oxygen atoms in total. The fraction of sp³-hybridized carbons (Fsp3) is 0.400. The number of amidine groups is 1. The van der Waals surface area contributed by atoms with Gasteiger partial charge in [-0.05, 0) is 25.0 Å². The van der Waals surface area contributed by atoms with E-state index in [9.17, 15) is 0 Å². The summed E-state index contributed by atoms with van der Waals surface area (Å²) in [6, 6.07) is 1.96. The highest BCUT2D eigenvalue weighted by atomic mass is 15.3. The van der Waals surface area contributed by atoms with E-state index in [1.54, 1.807) is 12.3 Å². The van der Waals surface area contributed by atoms with Crippen LogP contribution in [-0.4, -0.2) is 16.0 Å². The molecule has 6 heteroatoms. The topological polar surface area (TPSA) is 105 Å². The molecule has 1 aliphatic carbocycles. The minimum absolute atomic E-state index is 0.406. The van der Waals surface area contributed by atoms with Gasteiger partial charge in [0, 0.05) is 12.1 Å². The molecule has 1 aliphatic heterocycles. The molecule has 84 valence electrons. The van der Waals surface area contributed by atoms with E-state index in [-0.39, 0.29) is 0 Å². The highest BCUT2D eigenvalue weighted by molar-refractivity contribution is 5.92. The third kappa shape index (κ3) is 1.47. The molecule has 0 bridgehead atoms. The van der Waals surface area contributed by atoms with Crippen molar-refractivity contribution in [3.8, 4) is 0 Å². The highest BCUT2D eigenvalue weighted by Crippen LogP contribution is 2.39. The number of nitrogens with two attached hydrogens (primary N) is 2. The van der Waals surface area contributed by atoms with Gasteiger partial charge in [-0.15, -0.1) is 0 Å². The molecule has 0 aromatic carbocycles. The van der Waals surface area contributed by atoms with E-state index in [1.807, 2.05) is 6.07 Å². The fourth-order valence-electron chi connectivity index (χ4n) is 1.79. The Balaban J connectivity index is 1.92. The monoisotopic (exact) mass is 218 g/mol. The molecular weight excluding hydrogens is 204 g/mol. The number of nitrogens with one attached hydrogen (secondary N) is 2. The Hall–Kier alpha value is -1.82. The summed E-state index contributed by atoms with van der Waals surface area (Å²) in [6.45, 7) is 0. The maximum Gasteiger partial charge on any atom is 0.227 e. The van der Waals surface area contributed by atoms with Crippen LogP contribution in [0.5, 0.6) is 0 Å². The Labute approximate surface area is 92.8 Å². The van der Waals surface area contributed by atoms with Gasteiger partial charge in [0.15, 0.2) is 0 Å². The van der Waals surface area contributed by atoms with Gasteiger partial charge in [0.25, 0.3) is 0 Å². The van der Waals surface area contributed by atoms with Gasteiger partial charge in [0.1, 0.15) is 5.84 Å². The predicted molar refractivity (Wildman–Crippen MR) is 60.3 cm³/mol. The van der Waals surface area contributed by atoms with E-state index in [1.165, 1.54) is 12.8 Å². The summed E-state index contributed by atoms with van der Waals surface area (Å²) in [6.07, 6.45) is 5.78. The second-order valence-corrected chi connectivity index (χ2v) is 4.26. The molecule has 6 N–H and O–H groups in total. The molecule has 1 aromatic rings. The van der Waals surface area contributed by atoms with Gasteiger partial charge in [-0.25, -0.2) is 4.99 Å². The second kappa shape index (κ2) is 3.08. The fourth-order valence-corrected chi connectivity index (χ4v) is 1.79. The first-order valence-electron chi connectivity index (χ1n) is 5.31. The molecule has 1 saturated carbocycles. The lowest BCUT2D eigenvalue weighted by atomic mass is 10.2. The lowest BCUT2D eigenvalue weighted by molar-refractivity contribution is 0.397. The van der Waals surface area contributed by atoms with Gasteiger partial charge in [0.05, 0.1) is 11.4 Å². The minimum Gasteiger partial charge on any atom is -0.384 e. The van der Waals surface area contributed by atoms with E-state index in [0.29, 0.717) is 11.8 Å². The van der Waals surface area contributed by atoms with E-state index in [0.717, 1.165) is 11.4 Å². The van der Waals surface area contributed by atoms with Crippen molar-refractivity contribution in [3.05, 3.63) is 29.7 Å². The molecule has 0 amide bonds. The van der Waals surface area contributed by atoms with Gasteiger partial charge < -0.3 is 11.1 Å².